The highest BCUT2D eigenvalue weighted by Crippen LogP contribution is 2.11. The van der Waals surface area contributed by atoms with Crippen LogP contribution in [0.3, 0.4) is 0 Å². The van der Waals surface area contributed by atoms with Crippen LogP contribution >= 0.6 is 0 Å². The van der Waals surface area contributed by atoms with Crippen molar-refractivity contribution in [2.24, 2.45) is 0 Å². The lowest BCUT2D eigenvalue weighted by molar-refractivity contribution is -0.124. The van der Waals surface area contributed by atoms with E-state index in [2.05, 4.69) is 10.6 Å². The molecule has 1 aromatic rings. The molecule has 0 radical (unpaired) electrons. The predicted octanol–water partition coefficient (Wildman–Crippen LogP) is 2.04. The molecule has 2 amide bonds. The molecule has 0 aliphatic heterocycles. The standard InChI is InChI=1S/C19H29N3O4/c1-6-22(13-17(24)21-19(3,4)5)12-16(23)20-15-10-8-14(9-11-15)18(25)26-7-2/h8-11H,6-7,12-13H2,1-5H3,(H,20,23)(H,21,24). The maximum Gasteiger partial charge on any atom is 0.338 e. The van der Waals surface area contributed by atoms with Gasteiger partial charge < -0.3 is 15.4 Å². The number of anilines is 1. The summed E-state index contributed by atoms with van der Waals surface area (Å²) in [6, 6.07) is 6.49. The first-order valence-corrected chi connectivity index (χ1v) is 8.75. The number of benzene rings is 1. The average Bonchev–Trinajstić information content (AvgIpc) is 2.53. The second-order valence-corrected chi connectivity index (χ2v) is 6.95. The summed E-state index contributed by atoms with van der Waals surface area (Å²) in [5.41, 5.74) is 0.705. The monoisotopic (exact) mass is 363 g/mol. The van der Waals surface area contributed by atoms with Crippen LogP contribution in [0.1, 0.15) is 45.0 Å². The molecule has 0 aromatic heterocycles. The molecule has 0 fully saturated rings. The second-order valence-electron chi connectivity index (χ2n) is 6.95. The summed E-state index contributed by atoms with van der Waals surface area (Å²) in [5, 5.41) is 5.64. The summed E-state index contributed by atoms with van der Waals surface area (Å²) in [5.74, 6) is -0.738. The zero-order valence-electron chi connectivity index (χ0n) is 16.2. The molecule has 0 aliphatic carbocycles. The van der Waals surface area contributed by atoms with Crippen molar-refractivity contribution in [2.45, 2.75) is 40.2 Å². The maximum atomic E-state index is 12.2. The Hall–Kier alpha value is -2.41. The van der Waals surface area contributed by atoms with Crippen molar-refractivity contribution in [1.82, 2.24) is 10.2 Å². The largest absolute Gasteiger partial charge is 0.462 e. The summed E-state index contributed by atoms with van der Waals surface area (Å²) in [6.07, 6.45) is 0. The minimum Gasteiger partial charge on any atom is -0.462 e. The first-order chi connectivity index (χ1) is 12.1. The molecule has 144 valence electrons. The fraction of sp³-hybridized carbons (Fsp3) is 0.526. The Morgan fingerprint density at radius 2 is 1.58 bits per heavy atom. The zero-order valence-corrected chi connectivity index (χ0v) is 16.2. The van der Waals surface area contributed by atoms with Gasteiger partial charge in [-0.05, 0) is 58.5 Å². The summed E-state index contributed by atoms with van der Waals surface area (Å²) < 4.78 is 4.92. The fourth-order valence-corrected chi connectivity index (χ4v) is 2.25. The summed E-state index contributed by atoms with van der Waals surface area (Å²) in [4.78, 5) is 37.6. The van der Waals surface area contributed by atoms with Crippen LogP contribution < -0.4 is 10.6 Å². The van der Waals surface area contributed by atoms with Gasteiger partial charge in [0.15, 0.2) is 0 Å². The smallest absolute Gasteiger partial charge is 0.338 e. The molecule has 0 spiro atoms. The van der Waals surface area contributed by atoms with E-state index in [1.165, 1.54) is 0 Å². The van der Waals surface area contributed by atoms with Crippen LogP contribution in [0.25, 0.3) is 0 Å². The Balaban J connectivity index is 2.56. The van der Waals surface area contributed by atoms with Gasteiger partial charge in [0, 0.05) is 11.2 Å². The molecule has 0 aliphatic rings. The number of hydrogen-bond donors (Lipinski definition) is 2. The first-order valence-electron chi connectivity index (χ1n) is 8.75. The molecule has 0 saturated heterocycles. The van der Waals surface area contributed by atoms with Crippen LogP contribution in [0, 0.1) is 0 Å². The number of likely N-dealkylation sites (N-methyl/N-ethyl adjacent to an activating group) is 1. The van der Waals surface area contributed by atoms with Gasteiger partial charge in [-0.2, -0.15) is 0 Å². The Morgan fingerprint density at radius 1 is 1.00 bits per heavy atom. The fourth-order valence-electron chi connectivity index (χ4n) is 2.25. The van der Waals surface area contributed by atoms with Crippen LogP contribution in [-0.4, -0.2) is 54.5 Å². The lowest BCUT2D eigenvalue weighted by Crippen LogP contribution is -2.47. The molecule has 0 atom stereocenters. The third-order valence-electron chi connectivity index (χ3n) is 3.38. The number of nitrogens with zero attached hydrogens (tertiary/aromatic N) is 1. The first kappa shape index (κ1) is 21.6. The van der Waals surface area contributed by atoms with E-state index < -0.39 is 5.97 Å². The van der Waals surface area contributed by atoms with Gasteiger partial charge in [0.05, 0.1) is 25.3 Å². The number of hydrogen-bond acceptors (Lipinski definition) is 5. The lowest BCUT2D eigenvalue weighted by atomic mass is 10.1. The molecule has 1 aromatic carbocycles. The number of esters is 1. The molecule has 7 nitrogen and oxygen atoms in total. The van der Waals surface area contributed by atoms with Gasteiger partial charge in [-0.1, -0.05) is 6.92 Å². The molecular weight excluding hydrogens is 334 g/mol. The number of rotatable bonds is 8. The molecule has 0 bridgehead atoms. The van der Waals surface area contributed by atoms with E-state index in [1.54, 1.807) is 36.1 Å². The van der Waals surface area contributed by atoms with E-state index in [0.717, 1.165) is 0 Å². The maximum absolute atomic E-state index is 12.2. The highest BCUT2D eigenvalue weighted by molar-refractivity contribution is 5.94. The van der Waals surface area contributed by atoms with Crippen molar-refractivity contribution >= 4 is 23.5 Å². The minimum atomic E-state index is -0.396. The molecular formula is C19H29N3O4. The number of ether oxygens (including phenoxy) is 1. The Labute approximate surface area is 155 Å². The SMILES string of the molecule is CCOC(=O)c1ccc(NC(=O)CN(CC)CC(=O)NC(C)(C)C)cc1. The summed E-state index contributed by atoms with van der Waals surface area (Å²) in [7, 11) is 0. The Bertz CT molecular complexity index is 621. The second kappa shape index (κ2) is 9.91. The molecule has 7 heteroatoms. The van der Waals surface area contributed by atoms with Crippen molar-refractivity contribution in [3.05, 3.63) is 29.8 Å². The van der Waals surface area contributed by atoms with Crippen molar-refractivity contribution in [1.29, 1.82) is 0 Å². The third kappa shape index (κ3) is 8.11. The normalized spacial score (nSPS) is 11.2. The van der Waals surface area contributed by atoms with Gasteiger partial charge in [-0.15, -0.1) is 0 Å². The molecule has 0 unspecified atom stereocenters. The highest BCUT2D eigenvalue weighted by atomic mass is 16.5. The molecule has 2 N–H and O–H groups in total. The predicted molar refractivity (Wildman–Crippen MR) is 101 cm³/mol. The van der Waals surface area contributed by atoms with Crippen molar-refractivity contribution in [3.63, 3.8) is 0 Å². The van der Waals surface area contributed by atoms with E-state index in [1.807, 2.05) is 27.7 Å². The molecule has 1 rings (SSSR count). The van der Waals surface area contributed by atoms with Crippen LogP contribution in [0.4, 0.5) is 5.69 Å². The average molecular weight is 363 g/mol. The summed E-state index contributed by atoms with van der Waals surface area (Å²) in [6.45, 7) is 10.5. The highest BCUT2D eigenvalue weighted by Gasteiger charge is 2.18. The van der Waals surface area contributed by atoms with E-state index in [9.17, 15) is 14.4 Å². The lowest BCUT2D eigenvalue weighted by Gasteiger charge is -2.24. The van der Waals surface area contributed by atoms with Gasteiger partial charge in [0.1, 0.15) is 0 Å². The van der Waals surface area contributed by atoms with Crippen molar-refractivity contribution < 1.29 is 19.1 Å². The molecule has 0 heterocycles. The number of amides is 2. The van der Waals surface area contributed by atoms with Crippen molar-refractivity contribution in [3.8, 4) is 0 Å². The molecule has 26 heavy (non-hydrogen) atoms. The quantitative estimate of drug-likeness (QED) is 0.690. The van der Waals surface area contributed by atoms with Gasteiger partial charge in [0.25, 0.3) is 0 Å². The summed E-state index contributed by atoms with van der Waals surface area (Å²) >= 11 is 0. The van der Waals surface area contributed by atoms with Crippen LogP contribution in [0.15, 0.2) is 24.3 Å². The number of nitrogens with one attached hydrogen (secondary N) is 2. The minimum absolute atomic E-state index is 0.105. The van der Waals surface area contributed by atoms with Crippen LogP contribution in [-0.2, 0) is 14.3 Å². The van der Waals surface area contributed by atoms with Gasteiger partial charge in [0.2, 0.25) is 11.8 Å². The Kier molecular flexibility index (Phi) is 8.25. The zero-order chi connectivity index (χ0) is 19.7. The van der Waals surface area contributed by atoms with E-state index >= 15 is 0 Å². The van der Waals surface area contributed by atoms with Crippen LogP contribution in [0.2, 0.25) is 0 Å². The van der Waals surface area contributed by atoms with Gasteiger partial charge >= 0.3 is 5.97 Å². The van der Waals surface area contributed by atoms with Gasteiger partial charge in [-0.3, -0.25) is 14.5 Å². The van der Waals surface area contributed by atoms with Crippen LogP contribution in [0.5, 0.6) is 0 Å². The Morgan fingerprint density at radius 3 is 2.08 bits per heavy atom. The van der Waals surface area contributed by atoms with E-state index in [-0.39, 0.29) is 30.4 Å². The number of carbonyl (C=O) groups excluding carboxylic acids is 3. The molecule has 0 saturated carbocycles. The van der Waals surface area contributed by atoms with E-state index in [0.29, 0.717) is 24.4 Å². The third-order valence-corrected chi connectivity index (χ3v) is 3.38. The van der Waals surface area contributed by atoms with E-state index in [4.69, 9.17) is 4.74 Å². The van der Waals surface area contributed by atoms with Crippen molar-refractivity contribution in [2.75, 3.05) is 31.6 Å². The van der Waals surface area contributed by atoms with Gasteiger partial charge in [-0.25, -0.2) is 4.79 Å². The topological polar surface area (TPSA) is 87.7 Å². The number of carbonyl (C=O) groups is 3.